The second kappa shape index (κ2) is 12.1. The van der Waals surface area contributed by atoms with Crippen molar-refractivity contribution in [1.82, 2.24) is 0 Å². The van der Waals surface area contributed by atoms with E-state index >= 15 is 0 Å². The molecule has 1 saturated heterocycles. The van der Waals surface area contributed by atoms with E-state index in [2.05, 4.69) is 13.8 Å². The maximum Gasteiger partial charge on any atom is 0.338 e. The van der Waals surface area contributed by atoms with E-state index in [1.54, 1.807) is 12.1 Å². The fourth-order valence-electron chi connectivity index (χ4n) is 3.18. The van der Waals surface area contributed by atoms with Gasteiger partial charge in [0, 0.05) is 11.5 Å². The van der Waals surface area contributed by atoms with Crippen LogP contribution in [0.5, 0.6) is 0 Å². The van der Waals surface area contributed by atoms with Crippen molar-refractivity contribution in [2.45, 2.75) is 71.5 Å². The lowest BCUT2D eigenvalue weighted by Gasteiger charge is -2.29. The molecular formula is C22H33FO4. The van der Waals surface area contributed by atoms with Crippen molar-refractivity contribution in [2.24, 2.45) is 5.92 Å². The minimum Gasteiger partial charge on any atom is -0.462 e. The molecule has 0 aliphatic carbocycles. The molecule has 4 nitrogen and oxygen atoms in total. The van der Waals surface area contributed by atoms with Gasteiger partial charge in [0.05, 0.1) is 25.4 Å². The zero-order chi connectivity index (χ0) is 19.5. The van der Waals surface area contributed by atoms with Crippen molar-refractivity contribution in [3.05, 3.63) is 35.1 Å². The average Bonchev–Trinajstić information content (AvgIpc) is 2.69. The highest BCUT2D eigenvalue weighted by Gasteiger charge is 2.26. The van der Waals surface area contributed by atoms with Crippen LogP contribution in [0.3, 0.4) is 0 Å². The van der Waals surface area contributed by atoms with Gasteiger partial charge in [-0.1, -0.05) is 58.4 Å². The van der Waals surface area contributed by atoms with Gasteiger partial charge in [-0.05, 0) is 25.0 Å². The van der Waals surface area contributed by atoms with Crippen LogP contribution in [0.2, 0.25) is 0 Å². The van der Waals surface area contributed by atoms with Crippen LogP contribution in [-0.4, -0.2) is 25.8 Å². The normalized spacial score (nSPS) is 19.8. The molecule has 1 fully saturated rings. The summed E-state index contributed by atoms with van der Waals surface area (Å²) in [7, 11) is 0. The number of benzene rings is 1. The number of hydrogen-bond acceptors (Lipinski definition) is 4. The second-order valence-corrected chi connectivity index (χ2v) is 7.29. The third-order valence-corrected chi connectivity index (χ3v) is 4.90. The molecule has 1 aromatic carbocycles. The van der Waals surface area contributed by atoms with Crippen LogP contribution in [0.1, 0.15) is 87.4 Å². The molecule has 1 heterocycles. The Balaban J connectivity index is 1.80. The van der Waals surface area contributed by atoms with Gasteiger partial charge in [0.1, 0.15) is 5.82 Å². The number of hydrogen-bond donors (Lipinski definition) is 0. The van der Waals surface area contributed by atoms with Crippen molar-refractivity contribution < 1.29 is 23.4 Å². The summed E-state index contributed by atoms with van der Waals surface area (Å²) in [5.41, 5.74) is 0.557. The monoisotopic (exact) mass is 380 g/mol. The van der Waals surface area contributed by atoms with Crippen LogP contribution < -0.4 is 0 Å². The minimum absolute atomic E-state index is 0.224. The van der Waals surface area contributed by atoms with E-state index in [1.165, 1.54) is 18.9 Å². The van der Waals surface area contributed by atoms with Crippen LogP contribution in [0, 0.1) is 11.7 Å². The van der Waals surface area contributed by atoms with Gasteiger partial charge in [0.25, 0.3) is 0 Å². The van der Waals surface area contributed by atoms with Crippen LogP contribution in [0.15, 0.2) is 18.2 Å². The Bertz CT molecular complexity index is 567. The highest BCUT2D eigenvalue weighted by molar-refractivity contribution is 5.89. The van der Waals surface area contributed by atoms with E-state index in [-0.39, 0.29) is 5.56 Å². The number of esters is 1. The van der Waals surface area contributed by atoms with Crippen molar-refractivity contribution in [2.75, 3.05) is 19.8 Å². The maximum absolute atomic E-state index is 14.5. The molecule has 1 aliphatic heterocycles. The van der Waals surface area contributed by atoms with E-state index in [0.717, 1.165) is 38.5 Å². The van der Waals surface area contributed by atoms with Crippen LogP contribution in [-0.2, 0) is 14.2 Å². The SMILES string of the molecule is CCCCCCCOC(=O)c1ccc(C2OCC(CCCC)CO2)c(F)c1. The van der Waals surface area contributed by atoms with E-state index in [1.807, 2.05) is 0 Å². The average molecular weight is 381 g/mol. The Hall–Kier alpha value is -1.46. The summed E-state index contributed by atoms with van der Waals surface area (Å²) < 4.78 is 31.1. The number of carbonyl (C=O) groups is 1. The first-order valence-corrected chi connectivity index (χ1v) is 10.4. The zero-order valence-electron chi connectivity index (χ0n) is 16.7. The van der Waals surface area contributed by atoms with Gasteiger partial charge in [-0.25, -0.2) is 9.18 Å². The molecule has 0 bridgehead atoms. The molecule has 0 spiro atoms. The van der Waals surface area contributed by atoms with Gasteiger partial charge in [-0.15, -0.1) is 0 Å². The Morgan fingerprint density at radius 1 is 1.07 bits per heavy atom. The number of ether oxygens (including phenoxy) is 3. The summed E-state index contributed by atoms with van der Waals surface area (Å²) in [6.45, 7) is 5.84. The first kappa shape index (κ1) is 21.8. The molecule has 5 heteroatoms. The fraction of sp³-hybridized carbons (Fsp3) is 0.682. The van der Waals surface area contributed by atoms with Crippen molar-refractivity contribution in [3.8, 4) is 0 Å². The molecule has 0 N–H and O–H groups in total. The van der Waals surface area contributed by atoms with Gasteiger partial charge in [0.2, 0.25) is 0 Å². The number of carbonyl (C=O) groups excluding carboxylic acids is 1. The summed E-state index contributed by atoms with van der Waals surface area (Å²) >= 11 is 0. The number of halogens is 1. The van der Waals surface area contributed by atoms with Crippen molar-refractivity contribution in [1.29, 1.82) is 0 Å². The third kappa shape index (κ3) is 7.23. The van der Waals surface area contributed by atoms with Gasteiger partial charge < -0.3 is 14.2 Å². The van der Waals surface area contributed by atoms with Crippen LogP contribution in [0.25, 0.3) is 0 Å². The highest BCUT2D eigenvalue weighted by atomic mass is 19.1. The third-order valence-electron chi connectivity index (χ3n) is 4.90. The van der Waals surface area contributed by atoms with Crippen LogP contribution >= 0.6 is 0 Å². The Morgan fingerprint density at radius 3 is 2.44 bits per heavy atom. The predicted octanol–water partition coefficient (Wildman–Crippen LogP) is 5.80. The minimum atomic E-state index is -0.702. The summed E-state index contributed by atoms with van der Waals surface area (Å²) in [6.07, 6.45) is 8.07. The van der Waals surface area contributed by atoms with Crippen LogP contribution in [0.4, 0.5) is 4.39 Å². The first-order valence-electron chi connectivity index (χ1n) is 10.4. The van der Waals surface area contributed by atoms with Gasteiger partial charge in [-0.3, -0.25) is 0 Å². The standard InChI is InChI=1S/C22H33FO4/c1-3-5-7-8-9-13-25-21(24)18-11-12-19(20(23)14-18)22-26-15-17(16-27-22)10-6-4-2/h11-12,14,17,22H,3-10,13,15-16H2,1-2H3. The molecule has 0 amide bonds. The lowest BCUT2D eigenvalue weighted by Crippen LogP contribution is -2.27. The lowest BCUT2D eigenvalue weighted by molar-refractivity contribution is -0.207. The van der Waals surface area contributed by atoms with E-state index < -0.39 is 18.1 Å². The topological polar surface area (TPSA) is 44.8 Å². The molecule has 0 atom stereocenters. The predicted molar refractivity (Wildman–Crippen MR) is 103 cm³/mol. The number of unbranched alkanes of at least 4 members (excludes halogenated alkanes) is 5. The summed E-state index contributed by atoms with van der Waals surface area (Å²) in [5, 5.41) is 0. The summed E-state index contributed by atoms with van der Waals surface area (Å²) in [6, 6.07) is 4.35. The molecular weight excluding hydrogens is 347 g/mol. The molecule has 0 aromatic heterocycles. The maximum atomic E-state index is 14.5. The van der Waals surface area contributed by atoms with E-state index in [9.17, 15) is 9.18 Å². The lowest BCUT2D eigenvalue weighted by atomic mass is 10.0. The Kier molecular flexibility index (Phi) is 9.78. The summed E-state index contributed by atoms with van der Waals surface area (Å²) in [4.78, 5) is 12.1. The highest BCUT2D eigenvalue weighted by Crippen LogP contribution is 2.29. The Morgan fingerprint density at radius 2 is 1.78 bits per heavy atom. The quantitative estimate of drug-likeness (QED) is 0.359. The molecule has 1 aliphatic rings. The molecule has 2 rings (SSSR count). The van der Waals surface area contributed by atoms with E-state index in [4.69, 9.17) is 14.2 Å². The van der Waals surface area contributed by atoms with Gasteiger partial charge in [0.15, 0.2) is 6.29 Å². The molecule has 0 unspecified atom stereocenters. The summed E-state index contributed by atoms with van der Waals surface area (Å²) in [5.74, 6) is -0.610. The Labute approximate surface area is 162 Å². The van der Waals surface area contributed by atoms with Crippen molar-refractivity contribution >= 4 is 5.97 Å². The molecule has 152 valence electrons. The smallest absolute Gasteiger partial charge is 0.338 e. The second-order valence-electron chi connectivity index (χ2n) is 7.29. The zero-order valence-corrected chi connectivity index (χ0v) is 16.7. The molecule has 0 radical (unpaired) electrons. The van der Waals surface area contributed by atoms with Gasteiger partial charge >= 0.3 is 5.97 Å². The first-order chi connectivity index (χ1) is 13.2. The van der Waals surface area contributed by atoms with E-state index in [0.29, 0.717) is 31.3 Å². The molecule has 0 saturated carbocycles. The molecule has 1 aromatic rings. The largest absolute Gasteiger partial charge is 0.462 e. The van der Waals surface area contributed by atoms with Crippen molar-refractivity contribution in [3.63, 3.8) is 0 Å². The fourth-order valence-corrected chi connectivity index (χ4v) is 3.18. The van der Waals surface area contributed by atoms with Gasteiger partial charge in [-0.2, -0.15) is 0 Å². The number of rotatable bonds is 11. The molecule has 27 heavy (non-hydrogen) atoms.